The van der Waals surface area contributed by atoms with E-state index in [1.165, 1.54) is 24.3 Å². The van der Waals surface area contributed by atoms with Gasteiger partial charge in [0, 0.05) is 84.5 Å². The number of halogens is 4. The Labute approximate surface area is 549 Å². The number of benzene rings is 4. The molecular weight excluding hydrogens is 1290 g/mol. The van der Waals surface area contributed by atoms with E-state index in [1.54, 1.807) is 114 Å². The van der Waals surface area contributed by atoms with Gasteiger partial charge in [0.25, 0.3) is 11.8 Å². The minimum Gasteiger partial charge on any atom is -0.377 e. The van der Waals surface area contributed by atoms with Crippen LogP contribution in [0.25, 0.3) is 0 Å². The molecule has 8 rings (SSSR count). The number of nitrogens with one attached hydrogen (secondary N) is 8. The predicted octanol–water partition coefficient (Wildman–Crippen LogP) is 9.71. The Kier molecular flexibility index (Phi) is 23.4. The lowest BCUT2D eigenvalue weighted by Gasteiger charge is -2.32. The molecule has 4 amide bonds. The highest BCUT2D eigenvalue weighted by Gasteiger charge is 2.32. The maximum absolute atomic E-state index is 15.4. The number of piperidine rings is 2. The smallest absolute Gasteiger partial charge is 0.254 e. The second-order valence-electron chi connectivity index (χ2n) is 24.1. The van der Waals surface area contributed by atoms with E-state index in [0.717, 1.165) is 12.1 Å². The molecule has 6 aromatic rings. The highest BCUT2D eigenvalue weighted by atomic mass is 35.5. The first kappa shape index (κ1) is 70.8. The number of ether oxygens (including phenoxy) is 3. The number of anilines is 10. The summed E-state index contributed by atoms with van der Waals surface area (Å²) in [6.07, 6.45) is 4.92. The number of aryl methyl sites for hydroxylation is 2. The lowest BCUT2D eigenvalue weighted by molar-refractivity contribution is -0.137. The van der Waals surface area contributed by atoms with Crippen molar-refractivity contribution in [1.82, 2.24) is 40.4 Å². The number of likely N-dealkylation sites (tertiary alicyclic amines) is 2. The van der Waals surface area contributed by atoms with Crippen molar-refractivity contribution < 1.29 is 59.0 Å². The molecule has 8 N–H and O–H groups in total. The Bertz CT molecular complexity index is 3690. The summed E-state index contributed by atoms with van der Waals surface area (Å²) in [5, 5.41) is 18.3. The number of hydrogen-bond acceptors (Lipinski definition) is 19. The number of aromatic nitrogens is 4. The summed E-state index contributed by atoms with van der Waals surface area (Å²) >= 11 is 12.6. The maximum Gasteiger partial charge on any atom is 0.254 e. The Morgan fingerprint density at radius 2 is 0.871 bits per heavy atom. The molecule has 0 spiro atoms. The zero-order valence-corrected chi connectivity index (χ0v) is 55.8. The van der Waals surface area contributed by atoms with Gasteiger partial charge in [0.2, 0.25) is 43.8 Å². The van der Waals surface area contributed by atoms with Gasteiger partial charge in [0.1, 0.15) is 36.5 Å². The van der Waals surface area contributed by atoms with Crippen molar-refractivity contribution in [3.8, 4) is 0 Å². The summed E-state index contributed by atoms with van der Waals surface area (Å²) in [5.74, 6) is -2.18. The fourth-order valence-corrected chi connectivity index (χ4v) is 11.2. The van der Waals surface area contributed by atoms with Crippen molar-refractivity contribution >= 4 is 125 Å². The number of amides is 4. The van der Waals surface area contributed by atoms with Gasteiger partial charge in [-0.15, -0.1) is 0 Å². The number of hydrogen-bond donors (Lipinski definition) is 8. The van der Waals surface area contributed by atoms with Gasteiger partial charge in [-0.2, -0.15) is 9.97 Å². The van der Waals surface area contributed by atoms with Crippen LogP contribution in [0.2, 0.25) is 10.0 Å². The van der Waals surface area contributed by atoms with Crippen LogP contribution in [-0.2, 0) is 43.8 Å². The average Bonchev–Trinajstić information content (AvgIpc) is 1.05. The van der Waals surface area contributed by atoms with E-state index < -0.39 is 53.0 Å². The van der Waals surface area contributed by atoms with Crippen LogP contribution in [0.5, 0.6) is 0 Å². The third-order valence-corrected chi connectivity index (χ3v) is 19.9. The van der Waals surface area contributed by atoms with Crippen molar-refractivity contribution in [1.29, 1.82) is 0 Å². The zero-order chi connectivity index (χ0) is 67.4. The number of carbonyl (C=O) groups is 4. The Hall–Kier alpha value is -8.06. The predicted molar refractivity (Wildman–Crippen MR) is 354 cm³/mol. The normalized spacial score (nSPS) is 14.3. The molecule has 2 saturated heterocycles. The Morgan fingerprint density at radius 3 is 1.23 bits per heavy atom. The molecule has 2 fully saturated rings. The monoisotopic (exact) mass is 1360 g/mol. The first-order chi connectivity index (χ1) is 43.9. The van der Waals surface area contributed by atoms with Crippen molar-refractivity contribution in [2.75, 3.05) is 96.5 Å². The van der Waals surface area contributed by atoms with E-state index >= 15 is 8.78 Å². The van der Waals surface area contributed by atoms with Crippen LogP contribution >= 0.6 is 23.2 Å². The minimum absolute atomic E-state index is 0.124. The van der Waals surface area contributed by atoms with E-state index in [2.05, 4.69) is 61.3 Å². The van der Waals surface area contributed by atoms with E-state index in [-0.39, 0.29) is 119 Å². The zero-order valence-electron chi connectivity index (χ0n) is 52.6. The highest BCUT2D eigenvalue weighted by Crippen LogP contribution is 2.34. The topological polar surface area (TPSA) is 319 Å². The largest absolute Gasteiger partial charge is 0.377 e. The lowest BCUT2D eigenvalue weighted by atomic mass is 10.0. The van der Waals surface area contributed by atoms with Gasteiger partial charge in [-0.1, -0.05) is 23.2 Å². The maximum atomic E-state index is 15.4. The third-order valence-electron chi connectivity index (χ3n) is 15.0. The van der Waals surface area contributed by atoms with Crippen molar-refractivity contribution in [3.05, 3.63) is 129 Å². The van der Waals surface area contributed by atoms with Crippen LogP contribution in [0.4, 0.5) is 66.4 Å². The van der Waals surface area contributed by atoms with Crippen LogP contribution in [0, 0.1) is 25.5 Å². The standard InChI is InChI=1S/C62H76Cl2F2N14O11S2/c1-37-33-67-59(75-55(37)69-43-11-15-47(63)51(31-43)77-92(85,86)61(3,4)5)73-41-9-13-45(49(65)29-41)57(83)71-39-17-21-79(22-18-39)53(81)35-90-27-25-89-26-28-91-36-54(82)80-23-19-40(20-24-80)72-58(84)46-14-10-42(30-50(46)66)74-60-68-34-38(2)56(76-60)70-44-12-16-48(64)52(32-44)78-93(87,88)62(6,7)8/h9-16,29-34,39-40,77-78H,17-28,35-36H2,1-8H3,(H,71,83)(H,72,84)(H2,67,69,73,75)(H2,68,70,74,76). The summed E-state index contributed by atoms with van der Waals surface area (Å²) in [5.41, 5.74) is 2.90. The SMILES string of the molecule is Cc1cnc(Nc2ccc(C(=O)NC3CCN(C(=O)COCCOCCOCC(=O)N4CCC(NC(=O)c5ccc(Nc6ncc(C)c(Nc7ccc(Cl)c(NS(=O)(=O)C(C)(C)C)c7)n6)cc5F)CC4)CC3)c(F)c2)nc1Nc1ccc(Cl)c(NS(=O)(=O)C(C)(C)C)c1. The average molecular weight is 1370 g/mol. The van der Waals surface area contributed by atoms with Crippen molar-refractivity contribution in [3.63, 3.8) is 0 Å². The molecule has 0 unspecified atom stereocenters. The molecule has 2 aliphatic rings. The quantitative estimate of drug-likeness (QED) is 0.0234. The fourth-order valence-electron chi connectivity index (χ4n) is 9.21. The Balaban J connectivity index is 0.664. The molecule has 0 radical (unpaired) electrons. The van der Waals surface area contributed by atoms with Gasteiger partial charge in [-0.05, 0) is 154 Å². The minimum atomic E-state index is -3.76. The van der Waals surface area contributed by atoms with Crippen LogP contribution in [-0.4, -0.2) is 158 Å². The molecule has 2 aromatic heterocycles. The first-order valence-electron chi connectivity index (χ1n) is 29.8. The molecule has 0 atom stereocenters. The number of nitrogens with zero attached hydrogens (tertiary/aromatic N) is 6. The molecule has 93 heavy (non-hydrogen) atoms. The summed E-state index contributed by atoms with van der Waals surface area (Å²) < 4.78 is 102. The molecule has 0 aliphatic carbocycles. The van der Waals surface area contributed by atoms with E-state index in [1.807, 2.05) is 0 Å². The number of sulfonamides is 2. The van der Waals surface area contributed by atoms with Gasteiger partial charge in [-0.3, -0.25) is 28.6 Å². The molecule has 500 valence electrons. The third kappa shape index (κ3) is 19.5. The number of carbonyl (C=O) groups excluding carboxylic acids is 4. The Morgan fingerprint density at radius 1 is 0.527 bits per heavy atom. The first-order valence-corrected chi connectivity index (χ1v) is 33.5. The van der Waals surface area contributed by atoms with Crippen molar-refractivity contribution in [2.24, 2.45) is 0 Å². The van der Waals surface area contributed by atoms with E-state index in [0.29, 0.717) is 86.0 Å². The van der Waals surface area contributed by atoms with Gasteiger partial charge >= 0.3 is 0 Å². The van der Waals surface area contributed by atoms with Crippen LogP contribution in [0.3, 0.4) is 0 Å². The van der Waals surface area contributed by atoms with Crippen LogP contribution in [0.1, 0.15) is 99.1 Å². The fraction of sp³-hybridized carbons (Fsp3) is 0.419. The number of rotatable bonds is 26. The molecule has 4 heterocycles. The summed E-state index contributed by atoms with van der Waals surface area (Å²) in [7, 11) is -7.52. The molecule has 0 saturated carbocycles. The highest BCUT2D eigenvalue weighted by molar-refractivity contribution is 7.94. The van der Waals surface area contributed by atoms with E-state index in [4.69, 9.17) is 37.4 Å². The molecular formula is C62H76Cl2F2N14O11S2. The summed E-state index contributed by atoms with van der Waals surface area (Å²) in [6.45, 7) is 14.7. The van der Waals surface area contributed by atoms with Crippen LogP contribution in [0.15, 0.2) is 85.2 Å². The van der Waals surface area contributed by atoms with E-state index in [9.17, 15) is 36.0 Å². The lowest BCUT2D eigenvalue weighted by Crippen LogP contribution is -2.47. The van der Waals surface area contributed by atoms with Crippen LogP contribution < -0.4 is 41.3 Å². The van der Waals surface area contributed by atoms with Gasteiger partial charge in [-0.25, -0.2) is 35.6 Å². The van der Waals surface area contributed by atoms with Gasteiger partial charge in [0.15, 0.2) is 0 Å². The molecule has 0 bridgehead atoms. The molecule has 4 aromatic carbocycles. The summed E-state index contributed by atoms with van der Waals surface area (Å²) in [6, 6.07) is 17.0. The summed E-state index contributed by atoms with van der Waals surface area (Å²) in [4.78, 5) is 73.1. The van der Waals surface area contributed by atoms with Gasteiger partial charge < -0.3 is 55.9 Å². The second kappa shape index (κ2) is 30.8. The molecule has 31 heteroatoms. The van der Waals surface area contributed by atoms with Gasteiger partial charge in [0.05, 0.1) is 68.5 Å². The second-order valence-corrected chi connectivity index (χ2v) is 29.8. The van der Waals surface area contributed by atoms with Crippen molar-refractivity contribution in [2.45, 2.75) is 103 Å². The molecule has 2 aliphatic heterocycles. The molecule has 25 nitrogen and oxygen atoms in total.